The molecule has 98 valence electrons. The summed E-state index contributed by atoms with van der Waals surface area (Å²) in [6, 6.07) is 2.59. The van der Waals surface area contributed by atoms with Crippen molar-refractivity contribution in [3.63, 3.8) is 0 Å². The maximum Gasteiger partial charge on any atom is 0.310 e. The van der Waals surface area contributed by atoms with Crippen LogP contribution in [-0.4, -0.2) is 11.1 Å². The Kier molecular flexibility index (Phi) is 2.71. The predicted octanol–water partition coefficient (Wildman–Crippen LogP) is 4.36. The quantitative estimate of drug-likeness (QED) is 0.829. The average molecular weight is 276 g/mol. The van der Waals surface area contributed by atoms with E-state index < -0.39 is 27.5 Å². The summed E-state index contributed by atoms with van der Waals surface area (Å²) in [5.74, 6) is -1.21. The van der Waals surface area contributed by atoms with Gasteiger partial charge in [0, 0.05) is 6.42 Å². The maximum absolute atomic E-state index is 12.4. The normalized spacial score (nSPS) is 16.1. The van der Waals surface area contributed by atoms with Crippen LogP contribution in [0, 0.1) is 0 Å². The van der Waals surface area contributed by atoms with Crippen LogP contribution in [0.5, 0.6) is 0 Å². The molecule has 0 unspecified atom stereocenters. The lowest BCUT2D eigenvalue weighted by atomic mass is 10.1. The highest BCUT2D eigenvalue weighted by Crippen LogP contribution is 3.02. The third-order valence-electron chi connectivity index (χ3n) is 1.97. The van der Waals surface area contributed by atoms with E-state index in [0.717, 1.165) is 6.07 Å². The van der Waals surface area contributed by atoms with Crippen molar-refractivity contribution in [2.24, 2.45) is 0 Å². The van der Waals surface area contributed by atoms with Crippen molar-refractivity contribution in [2.45, 2.75) is 17.7 Å². The van der Waals surface area contributed by atoms with Crippen molar-refractivity contribution in [2.75, 3.05) is 0 Å². The van der Waals surface area contributed by atoms with Gasteiger partial charge < -0.3 is 5.11 Å². The van der Waals surface area contributed by atoms with Crippen LogP contribution in [0.25, 0.3) is 0 Å². The summed E-state index contributed by atoms with van der Waals surface area (Å²) in [7, 11) is -9.67. The minimum Gasteiger partial charge on any atom is -0.481 e. The molecule has 2 nitrogen and oxygen atoms in total. The number of halogens is 5. The highest BCUT2D eigenvalue weighted by atomic mass is 32.5. The van der Waals surface area contributed by atoms with Gasteiger partial charge in [-0.25, -0.2) is 0 Å². The summed E-state index contributed by atoms with van der Waals surface area (Å²) in [4.78, 5) is 8.22. The van der Waals surface area contributed by atoms with Gasteiger partial charge in [-0.15, -0.1) is 0 Å². The van der Waals surface area contributed by atoms with Crippen molar-refractivity contribution < 1.29 is 29.3 Å². The first kappa shape index (κ1) is 13.8. The van der Waals surface area contributed by atoms with Gasteiger partial charge >= 0.3 is 16.2 Å². The monoisotopic (exact) mass is 276 g/mol. The Morgan fingerprint density at radius 2 is 1.76 bits per heavy atom. The summed E-state index contributed by atoms with van der Waals surface area (Å²) in [6.07, 6.45) is -0.638. The predicted molar refractivity (Wildman–Crippen MR) is 53.8 cm³/mol. The molecule has 1 N–H and O–H groups in total. The molecule has 0 aliphatic carbocycles. The summed E-state index contributed by atoms with van der Waals surface area (Å²) in [6.45, 7) is 0. The van der Waals surface area contributed by atoms with Crippen LogP contribution in [0.1, 0.15) is 12.0 Å². The van der Waals surface area contributed by atoms with Gasteiger partial charge in [-0.1, -0.05) is 31.6 Å². The number of hydrogen-bond acceptors (Lipinski definition) is 1. The second-order valence-corrected chi connectivity index (χ2v) is 5.92. The van der Waals surface area contributed by atoms with Crippen LogP contribution in [0.2, 0.25) is 0 Å². The van der Waals surface area contributed by atoms with Crippen molar-refractivity contribution >= 4 is 16.2 Å². The molecule has 0 saturated heterocycles. The third-order valence-corrected chi connectivity index (χ3v) is 3.12. The largest absolute Gasteiger partial charge is 0.481 e. The molecule has 0 aromatic heterocycles. The zero-order valence-corrected chi connectivity index (χ0v) is 9.19. The van der Waals surface area contributed by atoms with Crippen LogP contribution < -0.4 is 0 Å². The van der Waals surface area contributed by atoms with Gasteiger partial charge in [0.15, 0.2) is 0 Å². The minimum atomic E-state index is -9.67. The Hall–Kier alpha value is -1.31. The topological polar surface area (TPSA) is 37.3 Å². The molecule has 1 aromatic rings. The SMILES string of the molecule is O=C(O)CCc1cccc(S(F)(F)(F)(F)F)c1. The fourth-order valence-electron chi connectivity index (χ4n) is 1.19. The number of carbonyl (C=O) groups is 1. The molecule has 0 atom stereocenters. The van der Waals surface area contributed by atoms with Gasteiger partial charge in [0.25, 0.3) is 0 Å². The van der Waals surface area contributed by atoms with E-state index in [4.69, 9.17) is 5.11 Å². The lowest BCUT2D eigenvalue weighted by Crippen LogP contribution is -2.06. The van der Waals surface area contributed by atoms with E-state index in [0.29, 0.717) is 6.07 Å². The van der Waals surface area contributed by atoms with E-state index in [1.165, 1.54) is 6.07 Å². The average Bonchev–Trinajstić information content (AvgIpc) is 2.12. The fraction of sp³-hybridized carbons (Fsp3) is 0.222. The summed E-state index contributed by atoms with van der Waals surface area (Å²) >= 11 is 0. The Morgan fingerprint density at radius 1 is 1.18 bits per heavy atom. The zero-order valence-electron chi connectivity index (χ0n) is 8.38. The van der Waals surface area contributed by atoms with E-state index in [9.17, 15) is 24.2 Å². The van der Waals surface area contributed by atoms with Crippen LogP contribution >= 0.6 is 10.2 Å². The Balaban J connectivity index is 3.07. The Morgan fingerprint density at radius 3 is 2.24 bits per heavy atom. The minimum absolute atomic E-state index is 0.0850. The molecule has 17 heavy (non-hydrogen) atoms. The van der Waals surface area contributed by atoms with Crippen LogP contribution in [0.15, 0.2) is 29.2 Å². The molecule has 8 heteroatoms. The first-order valence-electron chi connectivity index (χ1n) is 4.43. The molecule has 0 bridgehead atoms. The fourth-order valence-corrected chi connectivity index (χ4v) is 1.90. The van der Waals surface area contributed by atoms with Gasteiger partial charge in [0.2, 0.25) is 0 Å². The third kappa shape index (κ3) is 4.22. The van der Waals surface area contributed by atoms with Crippen molar-refractivity contribution in [1.29, 1.82) is 0 Å². The molecule has 0 aliphatic rings. The van der Waals surface area contributed by atoms with Crippen LogP contribution in [0.4, 0.5) is 19.4 Å². The molecule has 0 spiro atoms. The number of rotatable bonds is 4. The van der Waals surface area contributed by atoms with Gasteiger partial charge in [0.1, 0.15) is 4.90 Å². The molecule has 0 radical (unpaired) electrons. The van der Waals surface area contributed by atoms with Gasteiger partial charge in [-0.05, 0) is 24.1 Å². The molecular formula is C9H9F5O2S. The maximum atomic E-state index is 12.4. The second-order valence-electron chi connectivity index (χ2n) is 3.51. The van der Waals surface area contributed by atoms with E-state index in [1.54, 1.807) is 0 Å². The van der Waals surface area contributed by atoms with Gasteiger partial charge in [-0.3, -0.25) is 4.79 Å². The van der Waals surface area contributed by atoms with Crippen molar-refractivity contribution in [3.05, 3.63) is 29.8 Å². The summed E-state index contributed by atoms with van der Waals surface area (Å²) in [5.41, 5.74) is -0.0850. The molecule has 0 heterocycles. The van der Waals surface area contributed by atoms with E-state index in [1.807, 2.05) is 0 Å². The molecule has 0 saturated carbocycles. The number of carboxylic acid groups (broad SMARTS) is 1. The lowest BCUT2D eigenvalue weighted by molar-refractivity contribution is -0.136. The van der Waals surface area contributed by atoms with E-state index in [-0.39, 0.29) is 18.1 Å². The van der Waals surface area contributed by atoms with Crippen molar-refractivity contribution in [1.82, 2.24) is 0 Å². The smallest absolute Gasteiger partial charge is 0.310 e. The van der Waals surface area contributed by atoms with E-state index in [2.05, 4.69) is 0 Å². The van der Waals surface area contributed by atoms with Crippen molar-refractivity contribution in [3.8, 4) is 0 Å². The standard InChI is InChI=1S/C9H9F5O2S/c10-17(11,12,13,14)8-3-1-2-7(6-8)4-5-9(15)16/h1-3,6H,4-5H2,(H,15,16). The number of carboxylic acids is 1. The molecule has 0 amide bonds. The zero-order chi connectivity index (χ0) is 13.4. The number of benzene rings is 1. The first-order chi connectivity index (χ1) is 7.38. The van der Waals surface area contributed by atoms with E-state index >= 15 is 0 Å². The summed E-state index contributed by atoms with van der Waals surface area (Å²) in [5, 5.41) is 8.34. The molecule has 1 aromatic carbocycles. The Labute approximate surface area is 93.8 Å². The number of hydrogen-bond donors (Lipinski definition) is 1. The molecule has 0 aliphatic heterocycles. The number of aryl methyl sites for hydroxylation is 1. The molecular weight excluding hydrogens is 267 g/mol. The van der Waals surface area contributed by atoms with Gasteiger partial charge in [0.05, 0.1) is 0 Å². The lowest BCUT2D eigenvalue weighted by Gasteiger charge is -2.40. The highest BCUT2D eigenvalue weighted by molar-refractivity contribution is 8.45. The van der Waals surface area contributed by atoms with Gasteiger partial charge in [-0.2, -0.15) is 0 Å². The first-order valence-corrected chi connectivity index (χ1v) is 6.38. The highest BCUT2D eigenvalue weighted by Gasteiger charge is 2.65. The second kappa shape index (κ2) is 3.34. The number of aliphatic carboxylic acids is 1. The van der Waals surface area contributed by atoms with Crippen LogP contribution in [-0.2, 0) is 11.2 Å². The molecule has 1 rings (SSSR count). The Bertz CT molecular complexity index is 453. The summed E-state index contributed by atoms with van der Waals surface area (Å²) < 4.78 is 62.1. The molecule has 0 fully saturated rings. The van der Waals surface area contributed by atoms with Crippen LogP contribution in [0.3, 0.4) is 0 Å².